The smallest absolute Gasteiger partial charge is 0.257 e. The van der Waals surface area contributed by atoms with E-state index in [0.717, 1.165) is 11.1 Å². The van der Waals surface area contributed by atoms with Gasteiger partial charge < -0.3 is 10.4 Å². The van der Waals surface area contributed by atoms with Gasteiger partial charge in [0.1, 0.15) is 5.75 Å². The third-order valence-corrected chi connectivity index (χ3v) is 2.60. The number of amides is 1. The number of carbonyl (C=O) groups excluding carboxylic acids is 1. The Labute approximate surface area is 105 Å². The van der Waals surface area contributed by atoms with Crippen molar-refractivity contribution in [2.75, 3.05) is 5.32 Å². The molecule has 1 heterocycles. The van der Waals surface area contributed by atoms with E-state index < -0.39 is 0 Å². The number of phenols is 1. The van der Waals surface area contributed by atoms with Gasteiger partial charge in [-0.1, -0.05) is 6.07 Å². The molecule has 0 saturated heterocycles. The molecule has 92 valence electrons. The zero-order chi connectivity index (χ0) is 13.1. The van der Waals surface area contributed by atoms with Gasteiger partial charge in [-0.3, -0.25) is 9.78 Å². The average Bonchev–Trinajstić information content (AvgIpc) is 2.34. The van der Waals surface area contributed by atoms with Crippen molar-refractivity contribution in [3.8, 4) is 5.75 Å². The first-order chi connectivity index (χ1) is 8.56. The molecule has 1 aromatic carbocycles. The molecule has 0 aliphatic heterocycles. The van der Waals surface area contributed by atoms with Crippen LogP contribution in [0.25, 0.3) is 0 Å². The molecular weight excluding hydrogens is 228 g/mol. The van der Waals surface area contributed by atoms with Gasteiger partial charge in [0.25, 0.3) is 5.91 Å². The van der Waals surface area contributed by atoms with Crippen molar-refractivity contribution >= 4 is 11.6 Å². The summed E-state index contributed by atoms with van der Waals surface area (Å²) >= 11 is 0. The van der Waals surface area contributed by atoms with E-state index in [0.29, 0.717) is 11.3 Å². The average molecular weight is 242 g/mol. The summed E-state index contributed by atoms with van der Waals surface area (Å²) in [5, 5.41) is 12.3. The van der Waals surface area contributed by atoms with Crippen LogP contribution >= 0.6 is 0 Å². The molecule has 2 N–H and O–H groups in total. The van der Waals surface area contributed by atoms with E-state index in [2.05, 4.69) is 10.3 Å². The van der Waals surface area contributed by atoms with E-state index in [1.807, 2.05) is 6.92 Å². The number of aromatic nitrogens is 1. The van der Waals surface area contributed by atoms with E-state index in [1.165, 1.54) is 12.3 Å². The van der Waals surface area contributed by atoms with Crippen molar-refractivity contribution in [1.82, 2.24) is 4.98 Å². The number of nitrogens with zero attached hydrogens (tertiary/aromatic N) is 1. The SMILES string of the molecule is Cc1cncc(C(=O)Nc2ccc(C)c(O)c2)c1. The van der Waals surface area contributed by atoms with Crippen LogP contribution in [0, 0.1) is 13.8 Å². The largest absolute Gasteiger partial charge is 0.508 e. The van der Waals surface area contributed by atoms with E-state index in [-0.39, 0.29) is 11.7 Å². The van der Waals surface area contributed by atoms with E-state index in [1.54, 1.807) is 31.3 Å². The Morgan fingerprint density at radius 2 is 2.00 bits per heavy atom. The van der Waals surface area contributed by atoms with Crippen molar-refractivity contribution in [2.24, 2.45) is 0 Å². The van der Waals surface area contributed by atoms with Crippen LogP contribution in [-0.4, -0.2) is 16.0 Å². The molecule has 1 amide bonds. The first-order valence-electron chi connectivity index (χ1n) is 5.59. The number of anilines is 1. The molecule has 0 aliphatic carbocycles. The zero-order valence-electron chi connectivity index (χ0n) is 10.3. The monoisotopic (exact) mass is 242 g/mol. The first-order valence-corrected chi connectivity index (χ1v) is 5.59. The highest BCUT2D eigenvalue weighted by molar-refractivity contribution is 6.04. The third-order valence-electron chi connectivity index (χ3n) is 2.60. The summed E-state index contributed by atoms with van der Waals surface area (Å²) in [6.07, 6.45) is 3.20. The molecule has 2 aromatic rings. The number of nitrogens with one attached hydrogen (secondary N) is 1. The number of phenolic OH excluding ortho intramolecular Hbond substituents is 1. The standard InChI is InChI=1S/C14H14N2O2/c1-9-5-11(8-15-7-9)14(18)16-12-4-3-10(2)13(17)6-12/h3-8,17H,1-2H3,(H,16,18). The minimum absolute atomic E-state index is 0.162. The third kappa shape index (κ3) is 2.66. The quantitative estimate of drug-likeness (QED) is 0.851. The van der Waals surface area contributed by atoms with Crippen LogP contribution in [0.15, 0.2) is 36.7 Å². The highest BCUT2D eigenvalue weighted by Gasteiger charge is 2.07. The number of hydrogen-bond donors (Lipinski definition) is 2. The van der Waals surface area contributed by atoms with Crippen molar-refractivity contribution in [1.29, 1.82) is 0 Å². The number of rotatable bonds is 2. The molecule has 0 atom stereocenters. The molecule has 0 bridgehead atoms. The van der Waals surface area contributed by atoms with Crippen LogP contribution in [0.1, 0.15) is 21.5 Å². The predicted molar refractivity (Wildman–Crippen MR) is 69.8 cm³/mol. The second-order valence-electron chi connectivity index (χ2n) is 4.21. The first kappa shape index (κ1) is 12.1. The number of pyridine rings is 1. The molecule has 0 aliphatic rings. The van der Waals surface area contributed by atoms with Gasteiger partial charge in [-0.2, -0.15) is 0 Å². The summed E-state index contributed by atoms with van der Waals surface area (Å²) < 4.78 is 0. The van der Waals surface area contributed by atoms with E-state index in [4.69, 9.17) is 0 Å². The van der Waals surface area contributed by atoms with Gasteiger partial charge in [-0.25, -0.2) is 0 Å². The molecule has 0 saturated carbocycles. The van der Waals surface area contributed by atoms with Crippen LogP contribution in [0.5, 0.6) is 5.75 Å². The molecule has 2 rings (SSSR count). The molecule has 0 spiro atoms. The van der Waals surface area contributed by atoms with E-state index >= 15 is 0 Å². The maximum Gasteiger partial charge on any atom is 0.257 e. The Bertz CT molecular complexity index is 594. The molecule has 0 unspecified atom stereocenters. The van der Waals surface area contributed by atoms with Crippen molar-refractivity contribution in [3.63, 3.8) is 0 Å². The molecule has 4 heteroatoms. The number of carbonyl (C=O) groups is 1. The lowest BCUT2D eigenvalue weighted by molar-refractivity contribution is 0.102. The normalized spacial score (nSPS) is 10.1. The lowest BCUT2D eigenvalue weighted by Crippen LogP contribution is -2.12. The van der Waals surface area contributed by atoms with Crippen LogP contribution in [0.4, 0.5) is 5.69 Å². The minimum atomic E-state index is -0.241. The van der Waals surface area contributed by atoms with Crippen molar-refractivity contribution < 1.29 is 9.90 Å². The number of aryl methyl sites for hydroxylation is 2. The topological polar surface area (TPSA) is 62.2 Å². The Balaban J connectivity index is 2.18. The molecule has 1 aromatic heterocycles. The van der Waals surface area contributed by atoms with Gasteiger partial charge in [-0.15, -0.1) is 0 Å². The summed E-state index contributed by atoms with van der Waals surface area (Å²) in [5.74, 6) is -0.0791. The van der Waals surface area contributed by atoms with E-state index in [9.17, 15) is 9.90 Å². The molecule has 4 nitrogen and oxygen atoms in total. The Kier molecular flexibility index (Phi) is 3.28. The molecular formula is C14H14N2O2. The molecule has 0 fully saturated rings. The van der Waals surface area contributed by atoms with Crippen molar-refractivity contribution in [2.45, 2.75) is 13.8 Å². The van der Waals surface area contributed by atoms with Gasteiger partial charge in [0, 0.05) is 24.1 Å². The van der Waals surface area contributed by atoms with Crippen LogP contribution in [0.2, 0.25) is 0 Å². The summed E-state index contributed by atoms with van der Waals surface area (Å²) in [6.45, 7) is 3.67. The number of hydrogen-bond acceptors (Lipinski definition) is 3. The molecule has 18 heavy (non-hydrogen) atoms. The second-order valence-corrected chi connectivity index (χ2v) is 4.21. The number of benzene rings is 1. The maximum absolute atomic E-state index is 11.9. The Morgan fingerprint density at radius 1 is 1.22 bits per heavy atom. The fourth-order valence-electron chi connectivity index (χ4n) is 1.57. The summed E-state index contributed by atoms with van der Waals surface area (Å²) in [5.41, 5.74) is 2.75. The summed E-state index contributed by atoms with van der Waals surface area (Å²) in [6, 6.07) is 6.78. The van der Waals surface area contributed by atoms with Gasteiger partial charge >= 0.3 is 0 Å². The highest BCUT2D eigenvalue weighted by Crippen LogP contribution is 2.21. The zero-order valence-corrected chi connectivity index (χ0v) is 10.3. The minimum Gasteiger partial charge on any atom is -0.508 e. The maximum atomic E-state index is 11.9. The lowest BCUT2D eigenvalue weighted by Gasteiger charge is -2.07. The molecule has 0 radical (unpaired) electrons. The summed E-state index contributed by atoms with van der Waals surface area (Å²) in [7, 11) is 0. The van der Waals surface area contributed by atoms with Crippen LogP contribution in [0.3, 0.4) is 0 Å². The fraction of sp³-hybridized carbons (Fsp3) is 0.143. The number of aromatic hydroxyl groups is 1. The second kappa shape index (κ2) is 4.87. The Hall–Kier alpha value is -2.36. The summed E-state index contributed by atoms with van der Waals surface area (Å²) in [4.78, 5) is 15.9. The Morgan fingerprint density at radius 3 is 2.67 bits per heavy atom. The van der Waals surface area contributed by atoms with Gasteiger partial charge in [-0.05, 0) is 37.1 Å². The lowest BCUT2D eigenvalue weighted by atomic mass is 10.2. The van der Waals surface area contributed by atoms with Gasteiger partial charge in [0.2, 0.25) is 0 Å². The predicted octanol–water partition coefficient (Wildman–Crippen LogP) is 2.66. The van der Waals surface area contributed by atoms with Crippen molar-refractivity contribution in [3.05, 3.63) is 53.3 Å². The van der Waals surface area contributed by atoms with Gasteiger partial charge in [0.15, 0.2) is 0 Å². The van der Waals surface area contributed by atoms with Crippen LogP contribution < -0.4 is 5.32 Å². The highest BCUT2D eigenvalue weighted by atomic mass is 16.3. The van der Waals surface area contributed by atoms with Gasteiger partial charge in [0.05, 0.1) is 5.56 Å². The fourth-order valence-corrected chi connectivity index (χ4v) is 1.57. The van der Waals surface area contributed by atoms with Crippen LogP contribution in [-0.2, 0) is 0 Å².